The third kappa shape index (κ3) is 5.21. The molecule has 0 radical (unpaired) electrons. The van der Waals surface area contributed by atoms with Gasteiger partial charge in [0.25, 0.3) is 0 Å². The lowest BCUT2D eigenvalue weighted by Gasteiger charge is -2.16. The molecule has 1 unspecified atom stereocenters. The third-order valence-electron chi connectivity index (χ3n) is 3.97. The van der Waals surface area contributed by atoms with Crippen LogP contribution < -0.4 is 4.74 Å². The maximum absolute atomic E-state index is 13.5. The summed E-state index contributed by atoms with van der Waals surface area (Å²) in [6.45, 7) is 0.850. The summed E-state index contributed by atoms with van der Waals surface area (Å²) in [6.07, 6.45) is 3.36. The molecule has 0 bridgehead atoms. The van der Waals surface area contributed by atoms with Gasteiger partial charge < -0.3 is 9.47 Å². The van der Waals surface area contributed by atoms with Gasteiger partial charge in [-0.1, -0.05) is 42.5 Å². The van der Waals surface area contributed by atoms with Crippen LogP contribution in [-0.2, 0) is 4.74 Å². The number of hydrogen-bond donors (Lipinski definition) is 0. The van der Waals surface area contributed by atoms with E-state index in [2.05, 4.69) is 10.1 Å². The Labute approximate surface area is 156 Å². The van der Waals surface area contributed by atoms with Crippen LogP contribution in [0.15, 0.2) is 67.3 Å². The quantitative estimate of drug-likeness (QED) is 0.405. The number of benzene rings is 2. The highest BCUT2D eigenvalue weighted by molar-refractivity contribution is 5.98. The fourth-order valence-electron chi connectivity index (χ4n) is 2.63. The van der Waals surface area contributed by atoms with Crippen molar-refractivity contribution >= 4 is 5.78 Å². The molecule has 0 saturated carbocycles. The van der Waals surface area contributed by atoms with E-state index in [1.807, 2.05) is 18.2 Å². The van der Waals surface area contributed by atoms with Crippen LogP contribution in [0.25, 0.3) is 0 Å². The van der Waals surface area contributed by atoms with Gasteiger partial charge in [-0.05, 0) is 12.1 Å². The molecule has 0 saturated heterocycles. The molecule has 0 fully saturated rings. The molecule has 0 aliphatic heterocycles. The number of aromatic nitrogens is 3. The van der Waals surface area contributed by atoms with Crippen molar-refractivity contribution in [2.75, 3.05) is 19.8 Å². The van der Waals surface area contributed by atoms with Crippen molar-refractivity contribution < 1.29 is 18.7 Å². The van der Waals surface area contributed by atoms with E-state index in [-0.39, 0.29) is 24.7 Å². The SMILES string of the molecule is O=C(c1ccccc1)C(CCOCCOc1ccccc1F)n1cncn1. The second-order valence-electron chi connectivity index (χ2n) is 5.80. The number of carbonyl (C=O) groups excluding carboxylic acids is 1. The molecule has 1 heterocycles. The molecular weight excluding hydrogens is 349 g/mol. The number of ether oxygens (including phenoxy) is 2. The number of para-hydroxylation sites is 1. The highest BCUT2D eigenvalue weighted by Gasteiger charge is 2.22. The molecule has 3 aromatic rings. The molecule has 140 valence electrons. The Morgan fingerprint density at radius 3 is 2.56 bits per heavy atom. The largest absolute Gasteiger partial charge is 0.488 e. The molecule has 1 atom stereocenters. The van der Waals surface area contributed by atoms with Crippen LogP contribution in [0.5, 0.6) is 5.75 Å². The molecule has 27 heavy (non-hydrogen) atoms. The first-order chi connectivity index (χ1) is 13.3. The van der Waals surface area contributed by atoms with Crippen LogP contribution in [0.3, 0.4) is 0 Å². The third-order valence-corrected chi connectivity index (χ3v) is 3.97. The molecule has 3 rings (SSSR count). The fourth-order valence-corrected chi connectivity index (χ4v) is 2.63. The summed E-state index contributed by atoms with van der Waals surface area (Å²) in [4.78, 5) is 16.7. The van der Waals surface area contributed by atoms with Gasteiger partial charge in [-0.25, -0.2) is 14.1 Å². The molecule has 0 amide bonds. The Bertz CT molecular complexity index is 841. The number of hydrogen-bond acceptors (Lipinski definition) is 5. The van der Waals surface area contributed by atoms with E-state index in [1.54, 1.807) is 30.3 Å². The van der Waals surface area contributed by atoms with Gasteiger partial charge in [0.05, 0.1) is 6.61 Å². The summed E-state index contributed by atoms with van der Waals surface area (Å²) < 4.78 is 25.9. The van der Waals surface area contributed by atoms with E-state index >= 15 is 0 Å². The summed E-state index contributed by atoms with van der Waals surface area (Å²) >= 11 is 0. The van der Waals surface area contributed by atoms with Crippen molar-refractivity contribution in [3.63, 3.8) is 0 Å². The number of Topliss-reactive ketones (excluding diaryl/α,β-unsaturated/α-hetero) is 1. The summed E-state index contributed by atoms with van der Waals surface area (Å²) in [5.74, 6) is -0.259. The number of ketones is 1. The van der Waals surface area contributed by atoms with Gasteiger partial charge in [-0.3, -0.25) is 4.79 Å². The molecule has 6 nitrogen and oxygen atoms in total. The standard InChI is InChI=1S/C20H20FN3O3/c21-17-8-4-5-9-19(17)27-13-12-26-11-10-18(24-15-22-14-23-24)20(25)16-6-2-1-3-7-16/h1-9,14-15,18H,10-13H2. The summed E-state index contributed by atoms with van der Waals surface area (Å²) in [5, 5.41) is 4.09. The number of carbonyl (C=O) groups is 1. The summed E-state index contributed by atoms with van der Waals surface area (Å²) in [5.41, 5.74) is 0.612. The number of halogens is 1. The zero-order valence-corrected chi connectivity index (χ0v) is 14.7. The Kier molecular flexibility index (Phi) is 6.65. The first-order valence-electron chi connectivity index (χ1n) is 8.64. The molecular formula is C20H20FN3O3. The van der Waals surface area contributed by atoms with E-state index in [0.717, 1.165) is 0 Å². The van der Waals surface area contributed by atoms with E-state index in [0.29, 0.717) is 18.6 Å². The smallest absolute Gasteiger partial charge is 0.187 e. The molecule has 0 N–H and O–H groups in total. The molecule has 2 aromatic carbocycles. The average molecular weight is 369 g/mol. The molecule has 1 aromatic heterocycles. The van der Waals surface area contributed by atoms with Gasteiger partial charge in [-0.2, -0.15) is 5.10 Å². The lowest BCUT2D eigenvalue weighted by atomic mass is 10.0. The molecule has 0 spiro atoms. The van der Waals surface area contributed by atoms with Crippen molar-refractivity contribution in [1.82, 2.24) is 14.8 Å². The zero-order valence-electron chi connectivity index (χ0n) is 14.7. The Hall–Kier alpha value is -3.06. The minimum Gasteiger partial charge on any atom is -0.488 e. The van der Waals surface area contributed by atoms with Crippen LogP contribution in [-0.4, -0.2) is 40.4 Å². The lowest BCUT2D eigenvalue weighted by Crippen LogP contribution is -2.22. The predicted octanol–water partition coefficient (Wildman–Crippen LogP) is 3.33. The number of rotatable bonds is 10. The van der Waals surface area contributed by atoms with Gasteiger partial charge in [0.1, 0.15) is 25.3 Å². The van der Waals surface area contributed by atoms with Crippen molar-refractivity contribution in [3.8, 4) is 5.75 Å². The first kappa shape index (κ1) is 18.7. The van der Waals surface area contributed by atoms with E-state index in [9.17, 15) is 9.18 Å². The van der Waals surface area contributed by atoms with Gasteiger partial charge in [-0.15, -0.1) is 0 Å². The van der Waals surface area contributed by atoms with Crippen LogP contribution in [0.4, 0.5) is 4.39 Å². The topological polar surface area (TPSA) is 66.2 Å². The van der Waals surface area contributed by atoms with Gasteiger partial charge >= 0.3 is 0 Å². The summed E-state index contributed by atoms with van der Waals surface area (Å²) in [6, 6.07) is 14.8. The maximum atomic E-state index is 13.5. The Morgan fingerprint density at radius 1 is 1.04 bits per heavy atom. The van der Waals surface area contributed by atoms with Crippen molar-refractivity contribution in [2.24, 2.45) is 0 Å². The average Bonchev–Trinajstić information content (AvgIpc) is 3.23. The monoisotopic (exact) mass is 369 g/mol. The fraction of sp³-hybridized carbons (Fsp3) is 0.250. The van der Waals surface area contributed by atoms with E-state index < -0.39 is 11.9 Å². The molecule has 0 aliphatic carbocycles. The lowest BCUT2D eigenvalue weighted by molar-refractivity contribution is 0.0757. The van der Waals surface area contributed by atoms with Crippen molar-refractivity contribution in [2.45, 2.75) is 12.5 Å². The predicted molar refractivity (Wildman–Crippen MR) is 97.2 cm³/mol. The highest BCUT2D eigenvalue weighted by Crippen LogP contribution is 2.18. The van der Waals surface area contributed by atoms with Gasteiger partial charge in [0, 0.05) is 18.6 Å². The molecule has 0 aliphatic rings. The minimum absolute atomic E-state index is 0.0488. The number of nitrogens with zero attached hydrogens (tertiary/aromatic N) is 3. The van der Waals surface area contributed by atoms with Crippen LogP contribution in [0, 0.1) is 5.82 Å². The van der Waals surface area contributed by atoms with Crippen molar-refractivity contribution in [3.05, 3.63) is 78.6 Å². The summed E-state index contributed by atoms with van der Waals surface area (Å²) in [7, 11) is 0. The zero-order chi connectivity index (χ0) is 18.9. The van der Waals surface area contributed by atoms with Gasteiger partial charge in [0.2, 0.25) is 0 Å². The van der Waals surface area contributed by atoms with Gasteiger partial charge in [0.15, 0.2) is 17.3 Å². The second-order valence-corrected chi connectivity index (χ2v) is 5.80. The Morgan fingerprint density at radius 2 is 1.81 bits per heavy atom. The van der Waals surface area contributed by atoms with Crippen LogP contribution in [0.1, 0.15) is 22.8 Å². The molecule has 7 heteroatoms. The van der Waals surface area contributed by atoms with Crippen molar-refractivity contribution in [1.29, 1.82) is 0 Å². The first-order valence-corrected chi connectivity index (χ1v) is 8.64. The maximum Gasteiger partial charge on any atom is 0.187 e. The van der Waals surface area contributed by atoms with E-state index in [4.69, 9.17) is 9.47 Å². The minimum atomic E-state index is -0.498. The Balaban J connectivity index is 1.49. The van der Waals surface area contributed by atoms with Crippen LogP contribution in [0.2, 0.25) is 0 Å². The van der Waals surface area contributed by atoms with Crippen LogP contribution >= 0.6 is 0 Å². The normalized spacial score (nSPS) is 11.9. The van der Waals surface area contributed by atoms with E-state index in [1.165, 1.54) is 23.4 Å². The second kappa shape index (κ2) is 9.59. The highest BCUT2D eigenvalue weighted by atomic mass is 19.1.